The van der Waals surface area contributed by atoms with Gasteiger partial charge in [-0.15, -0.1) is 0 Å². The Bertz CT molecular complexity index is 735. The molecule has 0 aromatic heterocycles. The zero-order valence-corrected chi connectivity index (χ0v) is 16.1. The standard InChI is InChI=1S/C22H28FN3O/c1-18-14-25(16-19-6-4-3-5-7-19)12-13-26(18)17-22(27)24(2)15-20-8-10-21(23)11-9-20/h3-11,18H,12-17H2,1-2H3/t18-/m1/s1. The molecule has 0 spiro atoms. The van der Waals surface area contributed by atoms with Gasteiger partial charge in [-0.3, -0.25) is 14.6 Å². The summed E-state index contributed by atoms with van der Waals surface area (Å²) in [6.07, 6.45) is 0. The van der Waals surface area contributed by atoms with E-state index in [1.54, 1.807) is 17.0 Å². The van der Waals surface area contributed by atoms with Crippen molar-refractivity contribution >= 4 is 5.91 Å². The fourth-order valence-electron chi connectivity index (χ4n) is 3.54. The minimum atomic E-state index is -0.255. The summed E-state index contributed by atoms with van der Waals surface area (Å²) >= 11 is 0. The van der Waals surface area contributed by atoms with Crippen molar-refractivity contribution in [3.63, 3.8) is 0 Å². The van der Waals surface area contributed by atoms with E-state index < -0.39 is 0 Å². The van der Waals surface area contributed by atoms with Crippen LogP contribution in [-0.4, -0.2) is 59.9 Å². The van der Waals surface area contributed by atoms with Gasteiger partial charge in [-0.1, -0.05) is 42.5 Å². The molecule has 1 aliphatic heterocycles. The van der Waals surface area contributed by atoms with Crippen molar-refractivity contribution in [1.82, 2.24) is 14.7 Å². The van der Waals surface area contributed by atoms with Crippen LogP contribution in [0.15, 0.2) is 54.6 Å². The topological polar surface area (TPSA) is 26.8 Å². The number of hydrogen-bond donors (Lipinski definition) is 0. The number of hydrogen-bond acceptors (Lipinski definition) is 3. The number of amides is 1. The highest BCUT2D eigenvalue weighted by molar-refractivity contribution is 5.78. The van der Waals surface area contributed by atoms with Gasteiger partial charge in [0.1, 0.15) is 5.82 Å². The zero-order chi connectivity index (χ0) is 19.2. The van der Waals surface area contributed by atoms with E-state index in [-0.39, 0.29) is 11.7 Å². The van der Waals surface area contributed by atoms with Crippen LogP contribution in [0.1, 0.15) is 18.1 Å². The molecule has 1 amide bonds. The zero-order valence-electron chi connectivity index (χ0n) is 16.1. The number of piperazine rings is 1. The summed E-state index contributed by atoms with van der Waals surface area (Å²) in [5.74, 6) is -0.155. The van der Waals surface area contributed by atoms with Crippen LogP contribution in [0.4, 0.5) is 4.39 Å². The van der Waals surface area contributed by atoms with Crippen molar-refractivity contribution < 1.29 is 9.18 Å². The summed E-state index contributed by atoms with van der Waals surface area (Å²) < 4.78 is 13.0. The maximum Gasteiger partial charge on any atom is 0.236 e. The average molecular weight is 369 g/mol. The Morgan fingerprint density at radius 2 is 1.78 bits per heavy atom. The van der Waals surface area contributed by atoms with Crippen molar-refractivity contribution in [2.24, 2.45) is 0 Å². The number of carbonyl (C=O) groups is 1. The highest BCUT2D eigenvalue weighted by Gasteiger charge is 2.26. The van der Waals surface area contributed by atoms with Crippen LogP contribution in [0, 0.1) is 5.82 Å². The lowest BCUT2D eigenvalue weighted by Crippen LogP contribution is -2.54. The van der Waals surface area contributed by atoms with E-state index in [0.29, 0.717) is 19.1 Å². The van der Waals surface area contributed by atoms with Gasteiger partial charge in [0.15, 0.2) is 0 Å². The van der Waals surface area contributed by atoms with Gasteiger partial charge < -0.3 is 4.90 Å². The van der Waals surface area contributed by atoms with Gasteiger partial charge in [0.2, 0.25) is 5.91 Å². The molecule has 0 bridgehead atoms. The van der Waals surface area contributed by atoms with E-state index in [1.807, 2.05) is 13.1 Å². The first-order chi connectivity index (χ1) is 13.0. The van der Waals surface area contributed by atoms with Gasteiger partial charge in [-0.05, 0) is 30.2 Å². The molecule has 0 unspecified atom stereocenters. The molecule has 1 fully saturated rings. The smallest absolute Gasteiger partial charge is 0.236 e. The summed E-state index contributed by atoms with van der Waals surface area (Å²) in [5, 5.41) is 0. The number of likely N-dealkylation sites (N-methyl/N-ethyl adjacent to an activating group) is 1. The Labute approximate surface area is 161 Å². The first-order valence-corrected chi connectivity index (χ1v) is 9.50. The van der Waals surface area contributed by atoms with Crippen molar-refractivity contribution in [2.45, 2.75) is 26.1 Å². The third-order valence-electron chi connectivity index (χ3n) is 5.20. The van der Waals surface area contributed by atoms with E-state index in [4.69, 9.17) is 0 Å². The molecule has 0 radical (unpaired) electrons. The van der Waals surface area contributed by atoms with Crippen LogP contribution in [0.3, 0.4) is 0 Å². The van der Waals surface area contributed by atoms with Gasteiger partial charge in [0.25, 0.3) is 0 Å². The molecule has 1 saturated heterocycles. The molecule has 4 nitrogen and oxygen atoms in total. The Kier molecular flexibility index (Phi) is 6.58. The lowest BCUT2D eigenvalue weighted by molar-refractivity contribution is -0.132. The first kappa shape index (κ1) is 19.5. The van der Waals surface area contributed by atoms with Crippen molar-refractivity contribution in [3.8, 4) is 0 Å². The second-order valence-electron chi connectivity index (χ2n) is 7.42. The first-order valence-electron chi connectivity index (χ1n) is 9.50. The quantitative estimate of drug-likeness (QED) is 0.783. The number of nitrogens with zero attached hydrogens (tertiary/aromatic N) is 3. The predicted molar refractivity (Wildman–Crippen MR) is 106 cm³/mol. The molecule has 1 aliphatic rings. The highest BCUT2D eigenvalue weighted by atomic mass is 19.1. The SMILES string of the molecule is C[C@@H]1CN(Cc2ccccc2)CCN1CC(=O)N(C)Cc1ccc(F)cc1. The third kappa shape index (κ3) is 5.62. The van der Waals surface area contributed by atoms with E-state index in [0.717, 1.165) is 31.7 Å². The summed E-state index contributed by atoms with van der Waals surface area (Å²) in [7, 11) is 1.81. The van der Waals surface area contributed by atoms with E-state index in [1.165, 1.54) is 17.7 Å². The predicted octanol–water partition coefficient (Wildman–Crippen LogP) is 2.99. The van der Waals surface area contributed by atoms with Crippen LogP contribution in [0.2, 0.25) is 0 Å². The largest absolute Gasteiger partial charge is 0.340 e. The molecule has 5 heteroatoms. The van der Waals surface area contributed by atoms with Gasteiger partial charge >= 0.3 is 0 Å². The number of halogens is 1. The molecule has 0 saturated carbocycles. The van der Waals surface area contributed by atoms with Crippen LogP contribution in [0.25, 0.3) is 0 Å². The Balaban J connectivity index is 1.47. The Hall–Kier alpha value is -2.24. The van der Waals surface area contributed by atoms with Crippen molar-refractivity contribution in [1.29, 1.82) is 0 Å². The number of carbonyl (C=O) groups excluding carboxylic acids is 1. The van der Waals surface area contributed by atoms with Crippen LogP contribution in [0.5, 0.6) is 0 Å². The second-order valence-corrected chi connectivity index (χ2v) is 7.42. The normalized spacial score (nSPS) is 18.4. The van der Waals surface area contributed by atoms with Gasteiger partial charge in [-0.25, -0.2) is 4.39 Å². The minimum Gasteiger partial charge on any atom is -0.340 e. The molecule has 1 heterocycles. The molecule has 2 aromatic carbocycles. The van der Waals surface area contributed by atoms with Crippen LogP contribution in [-0.2, 0) is 17.9 Å². The van der Waals surface area contributed by atoms with Crippen LogP contribution < -0.4 is 0 Å². The maximum atomic E-state index is 13.0. The molecular weight excluding hydrogens is 341 g/mol. The molecule has 1 atom stereocenters. The fraction of sp³-hybridized carbons (Fsp3) is 0.409. The summed E-state index contributed by atoms with van der Waals surface area (Å²) in [4.78, 5) is 19.0. The lowest BCUT2D eigenvalue weighted by Gasteiger charge is -2.40. The highest BCUT2D eigenvalue weighted by Crippen LogP contribution is 2.14. The third-order valence-corrected chi connectivity index (χ3v) is 5.20. The van der Waals surface area contributed by atoms with E-state index in [9.17, 15) is 9.18 Å². The van der Waals surface area contributed by atoms with Crippen LogP contribution >= 0.6 is 0 Å². The Morgan fingerprint density at radius 1 is 1.07 bits per heavy atom. The summed E-state index contributed by atoms with van der Waals surface area (Å²) in [6.45, 7) is 6.89. The fourth-order valence-corrected chi connectivity index (χ4v) is 3.54. The molecule has 3 rings (SSSR count). The number of rotatable bonds is 6. The average Bonchev–Trinajstić information content (AvgIpc) is 2.66. The second kappa shape index (κ2) is 9.11. The maximum absolute atomic E-state index is 13.0. The van der Waals surface area contributed by atoms with Crippen molar-refractivity contribution in [3.05, 3.63) is 71.5 Å². The molecule has 0 aliphatic carbocycles. The molecule has 0 N–H and O–H groups in total. The van der Waals surface area contributed by atoms with Gasteiger partial charge in [-0.2, -0.15) is 0 Å². The van der Waals surface area contributed by atoms with Gasteiger partial charge in [0, 0.05) is 45.8 Å². The summed E-state index contributed by atoms with van der Waals surface area (Å²) in [5.41, 5.74) is 2.27. The van der Waals surface area contributed by atoms with E-state index >= 15 is 0 Å². The van der Waals surface area contributed by atoms with Crippen molar-refractivity contribution in [2.75, 3.05) is 33.2 Å². The molecular formula is C22H28FN3O. The van der Waals surface area contributed by atoms with Gasteiger partial charge in [0.05, 0.1) is 6.54 Å². The lowest BCUT2D eigenvalue weighted by atomic mass is 10.1. The minimum absolute atomic E-state index is 0.0997. The molecule has 2 aromatic rings. The Morgan fingerprint density at radius 3 is 2.44 bits per heavy atom. The van der Waals surface area contributed by atoms with E-state index in [2.05, 4.69) is 41.0 Å². The number of benzene rings is 2. The molecule has 27 heavy (non-hydrogen) atoms. The summed E-state index contributed by atoms with van der Waals surface area (Å²) in [6, 6.07) is 17.2. The monoisotopic (exact) mass is 369 g/mol. The molecule has 144 valence electrons.